The van der Waals surface area contributed by atoms with E-state index < -0.39 is 17.5 Å². The molecule has 42 heavy (non-hydrogen) atoms. The Hall–Kier alpha value is -3.56. The van der Waals surface area contributed by atoms with Gasteiger partial charge < -0.3 is 25.4 Å². The summed E-state index contributed by atoms with van der Waals surface area (Å²) in [5.74, 6) is -0.635. The minimum absolute atomic E-state index is 0.0213. The van der Waals surface area contributed by atoms with Crippen LogP contribution < -0.4 is 10.6 Å². The standard InChI is InChI=1S/C33H41FN4O4/c1-35-26-14-13-23(19-26)31(39)38-17-6-9-25(21-38)33(41,15-7-16-36-32(40)42-2)27-10-5-11-28(34)30(27)24-18-22-8-3-4-12-29(22)37-20-24/h3-5,8,10-12,18,20,23,25-26,35,41H,6-7,9,13-17,19,21H2,1-2H3,(H,36,40). The van der Waals surface area contributed by atoms with E-state index in [9.17, 15) is 14.7 Å². The van der Waals surface area contributed by atoms with E-state index in [1.807, 2.05) is 42.3 Å². The summed E-state index contributed by atoms with van der Waals surface area (Å²) in [5.41, 5.74) is 0.726. The number of hydrogen-bond donors (Lipinski definition) is 3. The largest absolute Gasteiger partial charge is 0.453 e. The summed E-state index contributed by atoms with van der Waals surface area (Å²) >= 11 is 0. The number of alkyl carbamates (subject to hydrolysis) is 1. The van der Waals surface area contributed by atoms with Crippen LogP contribution in [0.3, 0.4) is 0 Å². The molecule has 1 saturated heterocycles. The molecule has 224 valence electrons. The van der Waals surface area contributed by atoms with Crippen molar-refractivity contribution in [2.24, 2.45) is 11.8 Å². The molecule has 4 atom stereocenters. The highest BCUT2D eigenvalue weighted by atomic mass is 19.1. The van der Waals surface area contributed by atoms with Crippen LogP contribution in [-0.2, 0) is 15.1 Å². The summed E-state index contributed by atoms with van der Waals surface area (Å²) in [6.45, 7) is 1.34. The molecule has 9 heteroatoms. The molecule has 2 amide bonds. The number of benzene rings is 2. The summed E-state index contributed by atoms with van der Waals surface area (Å²) in [5, 5.41) is 19.5. The Balaban J connectivity index is 1.49. The van der Waals surface area contributed by atoms with E-state index in [4.69, 9.17) is 4.74 Å². The number of carbonyl (C=O) groups excluding carboxylic acids is 2. The summed E-state index contributed by atoms with van der Waals surface area (Å²) in [6.07, 6.45) is 5.93. The SMILES string of the molecule is CNC1CCC(C(=O)N2CCCC(C(O)(CCCNC(=O)OC)c3cccc(F)c3-c3cnc4ccccc4c3)C2)C1. The normalized spacial score (nSPS) is 22.1. The van der Waals surface area contributed by atoms with Gasteiger partial charge in [0.2, 0.25) is 5.91 Å². The van der Waals surface area contributed by atoms with Crippen LogP contribution >= 0.6 is 0 Å². The zero-order valence-corrected chi connectivity index (χ0v) is 24.4. The highest BCUT2D eigenvalue weighted by molar-refractivity contribution is 5.84. The predicted octanol–water partition coefficient (Wildman–Crippen LogP) is 4.99. The predicted molar refractivity (Wildman–Crippen MR) is 160 cm³/mol. The van der Waals surface area contributed by atoms with E-state index >= 15 is 4.39 Å². The molecule has 2 aliphatic rings. The van der Waals surface area contributed by atoms with E-state index in [0.717, 1.165) is 36.6 Å². The zero-order chi connectivity index (χ0) is 29.7. The van der Waals surface area contributed by atoms with Gasteiger partial charge in [-0.1, -0.05) is 30.3 Å². The van der Waals surface area contributed by atoms with Gasteiger partial charge in [0.1, 0.15) is 5.82 Å². The molecule has 1 aromatic heterocycles. The molecule has 2 heterocycles. The van der Waals surface area contributed by atoms with Crippen molar-refractivity contribution in [2.45, 2.75) is 56.6 Å². The summed E-state index contributed by atoms with van der Waals surface area (Å²) in [6, 6.07) is 14.7. The van der Waals surface area contributed by atoms with Crippen molar-refractivity contribution < 1.29 is 23.8 Å². The first-order chi connectivity index (χ1) is 20.3. The third-order valence-corrected chi connectivity index (χ3v) is 9.15. The third kappa shape index (κ3) is 6.27. The van der Waals surface area contributed by atoms with Gasteiger partial charge in [0.15, 0.2) is 0 Å². The van der Waals surface area contributed by atoms with E-state index in [1.54, 1.807) is 18.3 Å². The van der Waals surface area contributed by atoms with Gasteiger partial charge in [0.25, 0.3) is 0 Å². The molecular weight excluding hydrogens is 535 g/mol. The van der Waals surface area contributed by atoms with Gasteiger partial charge in [0.05, 0.1) is 18.2 Å². The number of aliphatic hydroxyl groups is 1. The van der Waals surface area contributed by atoms with Crippen molar-refractivity contribution in [3.8, 4) is 11.1 Å². The molecule has 2 aromatic carbocycles. The van der Waals surface area contributed by atoms with Gasteiger partial charge in [-0.2, -0.15) is 0 Å². The molecule has 1 aliphatic carbocycles. The fourth-order valence-corrected chi connectivity index (χ4v) is 6.86. The molecule has 1 saturated carbocycles. The third-order valence-electron chi connectivity index (χ3n) is 9.15. The molecule has 3 aromatic rings. The molecule has 8 nitrogen and oxygen atoms in total. The number of fused-ring (bicyclic) bond motifs is 1. The van der Waals surface area contributed by atoms with Gasteiger partial charge in [0, 0.05) is 60.2 Å². The lowest BCUT2D eigenvalue weighted by atomic mass is 9.72. The summed E-state index contributed by atoms with van der Waals surface area (Å²) in [7, 11) is 3.24. The van der Waals surface area contributed by atoms with Gasteiger partial charge in [-0.05, 0) is 75.8 Å². The maximum absolute atomic E-state index is 15.8. The average molecular weight is 577 g/mol. The van der Waals surface area contributed by atoms with Crippen molar-refractivity contribution in [1.82, 2.24) is 20.5 Å². The quantitative estimate of drug-likeness (QED) is 0.310. The summed E-state index contributed by atoms with van der Waals surface area (Å²) in [4.78, 5) is 31.8. The monoisotopic (exact) mass is 576 g/mol. The molecule has 3 N–H and O–H groups in total. The number of piperidine rings is 1. The Labute approximate surface area is 246 Å². The number of amides is 2. The Kier molecular flexibility index (Phi) is 9.38. The number of carbonyl (C=O) groups is 2. The van der Waals surface area contributed by atoms with Gasteiger partial charge in [-0.3, -0.25) is 9.78 Å². The molecule has 4 unspecified atom stereocenters. The lowest BCUT2D eigenvalue weighted by Gasteiger charge is -2.44. The van der Waals surface area contributed by atoms with Crippen LogP contribution in [0.1, 0.15) is 50.5 Å². The lowest BCUT2D eigenvalue weighted by molar-refractivity contribution is -0.140. The van der Waals surface area contributed by atoms with Crippen LogP contribution in [0, 0.1) is 17.7 Å². The van der Waals surface area contributed by atoms with Crippen molar-refractivity contribution in [3.05, 3.63) is 66.1 Å². The zero-order valence-electron chi connectivity index (χ0n) is 24.4. The number of nitrogens with one attached hydrogen (secondary N) is 2. The minimum Gasteiger partial charge on any atom is -0.453 e. The fourth-order valence-electron chi connectivity index (χ4n) is 6.86. The molecule has 5 rings (SSSR count). The second-order valence-electron chi connectivity index (χ2n) is 11.6. The second kappa shape index (κ2) is 13.2. The number of aromatic nitrogens is 1. The first-order valence-electron chi connectivity index (χ1n) is 15.0. The number of pyridine rings is 1. The molecule has 0 bridgehead atoms. The van der Waals surface area contributed by atoms with Crippen LogP contribution in [0.4, 0.5) is 9.18 Å². The Bertz CT molecular complexity index is 1420. The Morgan fingerprint density at radius 1 is 1.17 bits per heavy atom. The van der Waals surface area contributed by atoms with Crippen molar-refractivity contribution >= 4 is 22.9 Å². The fraction of sp³-hybridized carbons (Fsp3) is 0.485. The van der Waals surface area contributed by atoms with E-state index in [0.29, 0.717) is 55.2 Å². The number of halogens is 1. The molecule has 2 fully saturated rings. The average Bonchev–Trinajstić information content (AvgIpc) is 3.51. The Morgan fingerprint density at radius 3 is 2.79 bits per heavy atom. The molecular formula is C33H41FN4O4. The first kappa shape index (κ1) is 29.9. The number of rotatable bonds is 9. The molecule has 0 radical (unpaired) electrons. The van der Waals surface area contributed by atoms with E-state index in [2.05, 4.69) is 15.6 Å². The van der Waals surface area contributed by atoms with Crippen LogP contribution in [0.25, 0.3) is 22.0 Å². The summed E-state index contributed by atoms with van der Waals surface area (Å²) < 4.78 is 20.5. The smallest absolute Gasteiger partial charge is 0.406 e. The highest BCUT2D eigenvalue weighted by Crippen LogP contribution is 2.45. The van der Waals surface area contributed by atoms with Crippen LogP contribution in [0.15, 0.2) is 54.7 Å². The topological polar surface area (TPSA) is 104 Å². The maximum atomic E-state index is 15.8. The van der Waals surface area contributed by atoms with Crippen molar-refractivity contribution in [1.29, 1.82) is 0 Å². The van der Waals surface area contributed by atoms with E-state index in [-0.39, 0.29) is 24.2 Å². The minimum atomic E-state index is -1.46. The number of methoxy groups -OCH3 is 1. The van der Waals surface area contributed by atoms with Gasteiger partial charge in [-0.15, -0.1) is 0 Å². The van der Waals surface area contributed by atoms with Gasteiger partial charge >= 0.3 is 6.09 Å². The maximum Gasteiger partial charge on any atom is 0.406 e. The van der Waals surface area contributed by atoms with Crippen molar-refractivity contribution in [3.63, 3.8) is 0 Å². The first-order valence-corrected chi connectivity index (χ1v) is 15.0. The number of ether oxygens (including phenoxy) is 1. The number of hydrogen-bond acceptors (Lipinski definition) is 6. The highest BCUT2D eigenvalue weighted by Gasteiger charge is 2.44. The molecule has 1 aliphatic heterocycles. The Morgan fingerprint density at radius 2 is 2.00 bits per heavy atom. The van der Waals surface area contributed by atoms with Crippen LogP contribution in [0.2, 0.25) is 0 Å². The van der Waals surface area contributed by atoms with Crippen LogP contribution in [-0.4, -0.2) is 66.8 Å². The van der Waals surface area contributed by atoms with Crippen LogP contribution in [0.5, 0.6) is 0 Å². The number of likely N-dealkylation sites (tertiary alicyclic amines) is 1. The number of para-hydroxylation sites is 1. The molecule has 0 spiro atoms. The lowest BCUT2D eigenvalue weighted by Crippen LogP contribution is -2.50. The van der Waals surface area contributed by atoms with Gasteiger partial charge in [-0.25, -0.2) is 9.18 Å². The second-order valence-corrected chi connectivity index (χ2v) is 11.6. The van der Waals surface area contributed by atoms with Crippen molar-refractivity contribution in [2.75, 3.05) is 33.8 Å². The van der Waals surface area contributed by atoms with E-state index in [1.165, 1.54) is 13.2 Å². The number of nitrogens with zero attached hydrogens (tertiary/aromatic N) is 2.